The molecule has 6 nitrogen and oxygen atoms in total. The number of hydrogen-bond donors (Lipinski definition) is 1. The lowest BCUT2D eigenvalue weighted by Crippen LogP contribution is -2.35. The van der Waals surface area contributed by atoms with E-state index in [2.05, 4.69) is 31.3 Å². The molecule has 3 rings (SSSR count). The third-order valence-corrected chi connectivity index (χ3v) is 5.38. The van der Waals surface area contributed by atoms with E-state index in [4.69, 9.17) is 0 Å². The van der Waals surface area contributed by atoms with Crippen LogP contribution in [-0.4, -0.2) is 40.6 Å². The molecular formula is C11H13BrN4O2S. The number of pyridine rings is 1. The lowest BCUT2D eigenvalue weighted by Gasteiger charge is -2.22. The summed E-state index contributed by atoms with van der Waals surface area (Å²) >= 11 is 3.37. The lowest BCUT2D eigenvalue weighted by molar-refractivity contribution is 0.561. The van der Waals surface area contributed by atoms with Gasteiger partial charge in [0.05, 0.1) is 11.5 Å². The van der Waals surface area contributed by atoms with E-state index in [-0.39, 0.29) is 17.5 Å². The predicted octanol–water partition coefficient (Wildman–Crippen LogP) is 1.48. The second kappa shape index (κ2) is 4.75. The van der Waals surface area contributed by atoms with Crippen LogP contribution >= 0.6 is 15.9 Å². The van der Waals surface area contributed by atoms with Gasteiger partial charge < -0.3 is 5.32 Å². The summed E-state index contributed by atoms with van der Waals surface area (Å²) in [5, 5.41) is 7.39. The molecule has 1 fully saturated rings. The van der Waals surface area contributed by atoms with Gasteiger partial charge in [-0.2, -0.15) is 4.98 Å². The molecule has 2 aromatic heterocycles. The zero-order valence-electron chi connectivity index (χ0n) is 10.1. The van der Waals surface area contributed by atoms with Gasteiger partial charge in [-0.3, -0.25) is 0 Å². The van der Waals surface area contributed by atoms with Crippen molar-refractivity contribution in [3.63, 3.8) is 0 Å². The van der Waals surface area contributed by atoms with Gasteiger partial charge in [-0.1, -0.05) is 0 Å². The summed E-state index contributed by atoms with van der Waals surface area (Å²) in [5.74, 6) is 0.920. The summed E-state index contributed by atoms with van der Waals surface area (Å²) in [6.07, 6.45) is 3.34. The fraction of sp³-hybridized carbons (Fsp3) is 0.455. The van der Waals surface area contributed by atoms with Crippen molar-refractivity contribution in [2.45, 2.75) is 18.9 Å². The molecule has 0 bridgehead atoms. The normalized spacial score (nSPS) is 22.5. The molecule has 2 aromatic rings. The molecule has 8 heteroatoms. The molecule has 1 saturated heterocycles. The summed E-state index contributed by atoms with van der Waals surface area (Å²) in [6.45, 7) is 0. The molecule has 102 valence electrons. The van der Waals surface area contributed by atoms with Crippen LogP contribution in [0.2, 0.25) is 0 Å². The molecule has 3 heterocycles. The van der Waals surface area contributed by atoms with Crippen LogP contribution in [0.5, 0.6) is 0 Å². The Hall–Kier alpha value is -1.15. The second-order valence-corrected chi connectivity index (χ2v) is 7.83. The predicted molar refractivity (Wildman–Crippen MR) is 76.0 cm³/mol. The molecule has 1 atom stereocenters. The molecule has 1 N–H and O–H groups in total. The maximum absolute atomic E-state index is 11.6. The summed E-state index contributed by atoms with van der Waals surface area (Å²) < 4.78 is 25.7. The minimum Gasteiger partial charge on any atom is -0.349 e. The molecular weight excluding hydrogens is 332 g/mol. The zero-order valence-corrected chi connectivity index (χ0v) is 12.5. The van der Waals surface area contributed by atoms with Gasteiger partial charge in [-0.15, -0.1) is 5.10 Å². The van der Waals surface area contributed by atoms with Crippen LogP contribution in [0.4, 0.5) is 5.95 Å². The Morgan fingerprint density at radius 1 is 1.42 bits per heavy atom. The Labute approximate surface area is 119 Å². The van der Waals surface area contributed by atoms with Gasteiger partial charge in [0.25, 0.3) is 0 Å². The number of anilines is 1. The smallest absolute Gasteiger partial charge is 0.243 e. The highest BCUT2D eigenvalue weighted by atomic mass is 79.9. The third kappa shape index (κ3) is 2.89. The molecule has 1 aliphatic heterocycles. The summed E-state index contributed by atoms with van der Waals surface area (Å²) in [6, 6.07) is 3.64. The van der Waals surface area contributed by atoms with Crippen LogP contribution in [0, 0.1) is 0 Å². The zero-order chi connectivity index (χ0) is 13.5. The summed E-state index contributed by atoms with van der Waals surface area (Å²) in [4.78, 5) is 4.32. The molecule has 0 amide bonds. The Kier molecular flexibility index (Phi) is 3.22. The van der Waals surface area contributed by atoms with Crippen molar-refractivity contribution >= 4 is 37.4 Å². The van der Waals surface area contributed by atoms with Crippen molar-refractivity contribution < 1.29 is 8.42 Å². The van der Waals surface area contributed by atoms with Crippen LogP contribution in [0.15, 0.2) is 22.8 Å². The highest BCUT2D eigenvalue weighted by molar-refractivity contribution is 9.10. The number of nitrogens with zero attached hydrogens (tertiary/aromatic N) is 3. The fourth-order valence-corrected chi connectivity index (χ4v) is 4.20. The van der Waals surface area contributed by atoms with Crippen molar-refractivity contribution in [2.75, 3.05) is 16.8 Å². The lowest BCUT2D eigenvalue weighted by atomic mass is 10.2. The van der Waals surface area contributed by atoms with Crippen molar-refractivity contribution in [1.29, 1.82) is 0 Å². The van der Waals surface area contributed by atoms with Gasteiger partial charge in [-0.05, 0) is 40.9 Å². The quantitative estimate of drug-likeness (QED) is 0.892. The maximum atomic E-state index is 11.6. The van der Waals surface area contributed by atoms with Crippen LogP contribution in [0.1, 0.15) is 12.8 Å². The largest absolute Gasteiger partial charge is 0.349 e. The minimum absolute atomic E-state index is 0.0976. The van der Waals surface area contributed by atoms with E-state index in [1.807, 2.05) is 18.3 Å². The van der Waals surface area contributed by atoms with Crippen LogP contribution in [-0.2, 0) is 9.84 Å². The van der Waals surface area contributed by atoms with Crippen LogP contribution in [0.3, 0.4) is 0 Å². The van der Waals surface area contributed by atoms with Gasteiger partial charge in [0.1, 0.15) is 0 Å². The fourth-order valence-electron chi connectivity index (χ4n) is 2.24. The van der Waals surface area contributed by atoms with Crippen LogP contribution < -0.4 is 5.32 Å². The first-order valence-electron chi connectivity index (χ1n) is 6.01. The SMILES string of the molecule is O=S1(=O)CCCC(Nc2nc3ccc(Br)cn3n2)C1. The molecule has 0 aliphatic carbocycles. The maximum Gasteiger partial charge on any atom is 0.243 e. The number of halogens is 1. The summed E-state index contributed by atoms with van der Waals surface area (Å²) in [5.41, 5.74) is 0.726. The van der Waals surface area contributed by atoms with Gasteiger partial charge in [-0.25, -0.2) is 12.9 Å². The van der Waals surface area contributed by atoms with Crippen LogP contribution in [0.25, 0.3) is 5.65 Å². The highest BCUT2D eigenvalue weighted by Crippen LogP contribution is 2.17. The first-order chi connectivity index (χ1) is 9.02. The molecule has 19 heavy (non-hydrogen) atoms. The topological polar surface area (TPSA) is 76.4 Å². The highest BCUT2D eigenvalue weighted by Gasteiger charge is 2.25. The molecule has 1 unspecified atom stereocenters. The number of sulfone groups is 1. The van der Waals surface area contributed by atoms with E-state index >= 15 is 0 Å². The average molecular weight is 345 g/mol. The van der Waals surface area contributed by atoms with Gasteiger partial charge in [0.15, 0.2) is 15.5 Å². The van der Waals surface area contributed by atoms with E-state index in [0.29, 0.717) is 12.4 Å². The monoisotopic (exact) mass is 344 g/mol. The standard InChI is InChI=1S/C11H13BrN4O2S/c12-8-3-4-10-14-11(15-16(10)6-8)13-9-2-1-5-19(17,18)7-9/h3-4,6,9H,1-2,5,7H2,(H,13,15). The van der Waals surface area contributed by atoms with E-state index in [1.165, 1.54) is 0 Å². The van der Waals surface area contributed by atoms with Gasteiger partial charge in [0, 0.05) is 16.7 Å². The van der Waals surface area contributed by atoms with E-state index in [0.717, 1.165) is 16.5 Å². The number of fused-ring (bicyclic) bond motifs is 1. The van der Waals surface area contributed by atoms with E-state index in [1.54, 1.807) is 4.52 Å². The first-order valence-corrected chi connectivity index (χ1v) is 8.62. The Morgan fingerprint density at radius 3 is 3.05 bits per heavy atom. The van der Waals surface area contributed by atoms with Gasteiger partial charge >= 0.3 is 0 Å². The minimum atomic E-state index is -2.92. The molecule has 1 aliphatic rings. The number of nitrogens with one attached hydrogen (secondary N) is 1. The molecule has 0 radical (unpaired) electrons. The number of rotatable bonds is 2. The van der Waals surface area contributed by atoms with E-state index < -0.39 is 9.84 Å². The Balaban J connectivity index is 1.81. The van der Waals surface area contributed by atoms with Crippen molar-refractivity contribution in [3.8, 4) is 0 Å². The van der Waals surface area contributed by atoms with Crippen molar-refractivity contribution in [2.24, 2.45) is 0 Å². The molecule has 0 spiro atoms. The Morgan fingerprint density at radius 2 is 2.26 bits per heavy atom. The van der Waals surface area contributed by atoms with Crippen molar-refractivity contribution in [3.05, 3.63) is 22.8 Å². The van der Waals surface area contributed by atoms with Gasteiger partial charge in [0.2, 0.25) is 5.95 Å². The number of hydrogen-bond acceptors (Lipinski definition) is 5. The van der Waals surface area contributed by atoms with E-state index in [9.17, 15) is 8.42 Å². The third-order valence-electron chi connectivity index (χ3n) is 3.09. The average Bonchev–Trinajstić information content (AvgIpc) is 2.68. The van der Waals surface area contributed by atoms with Crippen molar-refractivity contribution in [1.82, 2.24) is 14.6 Å². The Bertz CT molecular complexity index is 713. The number of aromatic nitrogens is 3. The first kappa shape index (κ1) is 12.9. The molecule has 0 aromatic carbocycles. The second-order valence-electron chi connectivity index (χ2n) is 4.68. The summed E-state index contributed by atoms with van der Waals surface area (Å²) in [7, 11) is -2.92. The molecule has 0 saturated carbocycles.